The van der Waals surface area contributed by atoms with Crippen molar-refractivity contribution < 1.29 is 9.59 Å². The van der Waals surface area contributed by atoms with Gasteiger partial charge in [0.05, 0.1) is 29.5 Å². The van der Waals surface area contributed by atoms with Crippen molar-refractivity contribution in [3.8, 4) is 0 Å². The maximum absolute atomic E-state index is 13.0. The summed E-state index contributed by atoms with van der Waals surface area (Å²) >= 11 is 0. The van der Waals surface area contributed by atoms with E-state index in [0.717, 1.165) is 38.4 Å². The molecule has 0 saturated carbocycles. The van der Waals surface area contributed by atoms with Gasteiger partial charge in [0, 0.05) is 26.2 Å². The summed E-state index contributed by atoms with van der Waals surface area (Å²) < 4.78 is 0. The Morgan fingerprint density at radius 3 is 2.10 bits per heavy atom. The fourth-order valence-electron chi connectivity index (χ4n) is 3.84. The first-order chi connectivity index (χ1) is 14.2. The van der Waals surface area contributed by atoms with Crippen molar-refractivity contribution in [2.45, 2.75) is 19.4 Å². The summed E-state index contributed by atoms with van der Waals surface area (Å²) in [6, 6.07) is 16.2. The maximum atomic E-state index is 13.0. The van der Waals surface area contributed by atoms with Gasteiger partial charge in [0.1, 0.15) is 0 Å². The van der Waals surface area contributed by atoms with Gasteiger partial charge in [-0.1, -0.05) is 25.1 Å². The average molecular weight is 391 g/mol. The van der Waals surface area contributed by atoms with E-state index in [4.69, 9.17) is 0 Å². The Morgan fingerprint density at radius 2 is 1.48 bits per heavy atom. The van der Waals surface area contributed by atoms with Crippen LogP contribution in [0.25, 0.3) is 0 Å². The van der Waals surface area contributed by atoms with E-state index in [1.54, 1.807) is 24.3 Å². The molecule has 7 heteroatoms. The van der Waals surface area contributed by atoms with Gasteiger partial charge in [-0.05, 0) is 42.9 Å². The first kappa shape index (κ1) is 19.4. The molecule has 2 aromatic rings. The number of carbonyl (C=O) groups excluding carboxylic acids is 2. The number of likely N-dealkylation sites (N-methyl/N-ethyl adjacent to an activating group) is 1. The van der Waals surface area contributed by atoms with Crippen LogP contribution >= 0.6 is 0 Å². The van der Waals surface area contributed by atoms with Crippen LogP contribution in [0.3, 0.4) is 0 Å². The van der Waals surface area contributed by atoms with Crippen LogP contribution in [0.2, 0.25) is 0 Å². The van der Waals surface area contributed by atoms with Gasteiger partial charge in [-0.25, -0.2) is 4.90 Å². The lowest BCUT2D eigenvalue weighted by Crippen LogP contribution is -2.52. The standard InChI is InChI=1S/C22H25N5O2/c1-2-25-12-14-26(15-13-25)20-16-21(28)27(22(20)29)19-10-8-18(9-11-19)24-23-17-6-4-3-5-7-17/h3-11,20H,2,12-16H2,1H3/t20-/m1/s1. The number of azo groups is 1. The monoisotopic (exact) mass is 391 g/mol. The fourth-order valence-corrected chi connectivity index (χ4v) is 3.84. The number of hydrogen-bond donors (Lipinski definition) is 0. The van der Waals surface area contributed by atoms with E-state index < -0.39 is 0 Å². The third-order valence-electron chi connectivity index (χ3n) is 5.56. The van der Waals surface area contributed by atoms with E-state index in [1.807, 2.05) is 30.3 Å². The zero-order valence-electron chi connectivity index (χ0n) is 16.6. The molecule has 2 amide bonds. The van der Waals surface area contributed by atoms with Crippen molar-refractivity contribution in [2.75, 3.05) is 37.6 Å². The van der Waals surface area contributed by atoms with Crippen molar-refractivity contribution >= 4 is 28.9 Å². The van der Waals surface area contributed by atoms with Crippen LogP contribution in [0.1, 0.15) is 13.3 Å². The van der Waals surface area contributed by atoms with Gasteiger partial charge < -0.3 is 4.90 Å². The normalized spacial score (nSPS) is 21.4. The highest BCUT2D eigenvalue weighted by Crippen LogP contribution is 2.28. The second-order valence-corrected chi connectivity index (χ2v) is 7.31. The number of benzene rings is 2. The van der Waals surface area contributed by atoms with Crippen molar-refractivity contribution in [1.82, 2.24) is 9.80 Å². The summed E-state index contributed by atoms with van der Waals surface area (Å²) in [5.74, 6) is -0.268. The number of nitrogens with zero attached hydrogens (tertiary/aromatic N) is 5. The third kappa shape index (κ3) is 4.26. The van der Waals surface area contributed by atoms with Crippen molar-refractivity contribution in [1.29, 1.82) is 0 Å². The molecule has 2 heterocycles. The highest BCUT2D eigenvalue weighted by molar-refractivity contribution is 6.22. The van der Waals surface area contributed by atoms with Crippen LogP contribution in [0, 0.1) is 0 Å². The Hall–Kier alpha value is -2.90. The van der Waals surface area contributed by atoms with E-state index in [1.165, 1.54) is 4.90 Å². The molecule has 4 rings (SSSR count). The molecule has 2 aliphatic heterocycles. The molecule has 2 aliphatic rings. The summed E-state index contributed by atoms with van der Waals surface area (Å²) in [6.07, 6.45) is 0.250. The lowest BCUT2D eigenvalue weighted by molar-refractivity contribution is -0.123. The molecule has 0 radical (unpaired) electrons. The largest absolute Gasteiger partial charge is 0.301 e. The minimum Gasteiger partial charge on any atom is -0.301 e. The average Bonchev–Trinajstić information content (AvgIpc) is 3.07. The molecule has 2 fully saturated rings. The zero-order chi connectivity index (χ0) is 20.2. The van der Waals surface area contributed by atoms with Gasteiger partial charge in [0.25, 0.3) is 5.91 Å². The van der Waals surface area contributed by atoms with Crippen molar-refractivity contribution in [2.24, 2.45) is 10.2 Å². The predicted molar refractivity (Wildman–Crippen MR) is 112 cm³/mol. The number of rotatable bonds is 5. The van der Waals surface area contributed by atoms with Crippen molar-refractivity contribution in [3.05, 3.63) is 54.6 Å². The third-order valence-corrected chi connectivity index (χ3v) is 5.56. The molecule has 150 valence electrons. The minimum atomic E-state index is -0.348. The summed E-state index contributed by atoms with van der Waals surface area (Å²) in [6.45, 7) is 6.69. The van der Waals surface area contributed by atoms with Crippen LogP contribution in [0.5, 0.6) is 0 Å². The summed E-state index contributed by atoms with van der Waals surface area (Å²) in [7, 11) is 0. The van der Waals surface area contributed by atoms with Crippen LogP contribution in [0.4, 0.5) is 17.1 Å². The fraction of sp³-hybridized carbons (Fsp3) is 0.364. The van der Waals surface area contributed by atoms with E-state index in [-0.39, 0.29) is 24.3 Å². The Bertz CT molecular complexity index is 889. The smallest absolute Gasteiger partial charge is 0.251 e. The van der Waals surface area contributed by atoms with E-state index in [0.29, 0.717) is 11.4 Å². The van der Waals surface area contributed by atoms with Gasteiger partial charge >= 0.3 is 0 Å². The number of anilines is 1. The SMILES string of the molecule is CCN1CCN([C@@H]2CC(=O)N(c3ccc(N=Nc4ccccc4)cc3)C2=O)CC1. The predicted octanol–water partition coefficient (Wildman–Crippen LogP) is 3.37. The first-order valence-electron chi connectivity index (χ1n) is 10.1. The molecule has 0 spiro atoms. The van der Waals surface area contributed by atoms with Crippen LogP contribution in [0.15, 0.2) is 64.8 Å². The Morgan fingerprint density at radius 1 is 0.862 bits per heavy atom. The van der Waals surface area contributed by atoms with Gasteiger partial charge in [-0.3, -0.25) is 14.5 Å². The molecule has 2 aromatic carbocycles. The molecule has 1 atom stereocenters. The van der Waals surface area contributed by atoms with E-state index >= 15 is 0 Å². The quantitative estimate of drug-likeness (QED) is 0.579. The minimum absolute atomic E-state index is 0.126. The van der Waals surface area contributed by atoms with E-state index in [2.05, 4.69) is 27.0 Å². The molecule has 7 nitrogen and oxygen atoms in total. The number of carbonyl (C=O) groups is 2. The molecular weight excluding hydrogens is 366 g/mol. The van der Waals surface area contributed by atoms with E-state index in [9.17, 15) is 9.59 Å². The molecule has 29 heavy (non-hydrogen) atoms. The van der Waals surface area contributed by atoms with Crippen LogP contribution in [-0.2, 0) is 9.59 Å². The van der Waals surface area contributed by atoms with Gasteiger partial charge in [0.15, 0.2) is 0 Å². The highest BCUT2D eigenvalue weighted by Gasteiger charge is 2.43. The van der Waals surface area contributed by atoms with Gasteiger partial charge in [0.2, 0.25) is 5.91 Å². The van der Waals surface area contributed by atoms with Gasteiger partial charge in [-0.15, -0.1) is 0 Å². The molecule has 0 unspecified atom stereocenters. The van der Waals surface area contributed by atoms with Crippen LogP contribution < -0.4 is 4.90 Å². The Kier molecular flexibility index (Phi) is 5.78. The number of amides is 2. The summed E-state index contributed by atoms with van der Waals surface area (Å²) in [4.78, 5) is 31.4. The molecule has 2 saturated heterocycles. The highest BCUT2D eigenvalue weighted by atomic mass is 16.2. The summed E-state index contributed by atoms with van der Waals surface area (Å²) in [5.41, 5.74) is 2.03. The first-order valence-corrected chi connectivity index (χ1v) is 10.1. The molecule has 0 bridgehead atoms. The maximum Gasteiger partial charge on any atom is 0.251 e. The molecule has 0 N–H and O–H groups in total. The Labute approximate surface area is 170 Å². The lowest BCUT2D eigenvalue weighted by Gasteiger charge is -2.36. The van der Waals surface area contributed by atoms with Crippen molar-refractivity contribution in [3.63, 3.8) is 0 Å². The molecule has 0 aliphatic carbocycles. The number of piperazine rings is 1. The zero-order valence-corrected chi connectivity index (χ0v) is 16.6. The van der Waals surface area contributed by atoms with Gasteiger partial charge in [-0.2, -0.15) is 10.2 Å². The lowest BCUT2D eigenvalue weighted by atomic mass is 10.1. The molecule has 0 aromatic heterocycles. The second-order valence-electron chi connectivity index (χ2n) is 7.31. The number of hydrogen-bond acceptors (Lipinski definition) is 6. The number of imide groups is 1. The Balaban J connectivity index is 1.43. The molecular formula is C22H25N5O2. The topological polar surface area (TPSA) is 68.6 Å². The van der Waals surface area contributed by atoms with Crippen LogP contribution in [-0.4, -0.2) is 60.4 Å². The second kappa shape index (κ2) is 8.63. The summed E-state index contributed by atoms with van der Waals surface area (Å²) in [5, 5.41) is 8.40.